The van der Waals surface area contributed by atoms with E-state index in [4.69, 9.17) is 4.74 Å². The Morgan fingerprint density at radius 3 is 2.72 bits per heavy atom. The van der Waals surface area contributed by atoms with E-state index in [-0.39, 0.29) is 28.7 Å². The average Bonchev–Trinajstić information content (AvgIpc) is 2.27. The number of hydrogen-bond acceptors (Lipinski definition) is 4. The zero-order chi connectivity index (χ0) is 13.2. The molecule has 0 radical (unpaired) electrons. The fraction of sp³-hybridized carbons (Fsp3) is 0.500. The molecule has 4 nitrogen and oxygen atoms in total. The highest BCUT2D eigenvalue weighted by atomic mass is 32.2. The molecule has 1 saturated heterocycles. The van der Waals surface area contributed by atoms with Gasteiger partial charge in [-0.3, -0.25) is 0 Å². The van der Waals surface area contributed by atoms with Gasteiger partial charge in [0.1, 0.15) is 0 Å². The van der Waals surface area contributed by atoms with Crippen LogP contribution in [0.3, 0.4) is 0 Å². The van der Waals surface area contributed by atoms with E-state index in [0.717, 1.165) is 13.1 Å². The van der Waals surface area contributed by atoms with Gasteiger partial charge in [-0.2, -0.15) is 0 Å². The lowest BCUT2D eigenvalue weighted by Crippen LogP contribution is -2.45. The number of nitrogens with one attached hydrogen (secondary N) is 1. The number of sulfone groups is 1. The van der Waals surface area contributed by atoms with Crippen LogP contribution in [0.1, 0.15) is 5.56 Å². The monoisotopic (exact) mass is 273 g/mol. The van der Waals surface area contributed by atoms with E-state index in [9.17, 15) is 12.8 Å². The number of methoxy groups -OCH3 is 1. The van der Waals surface area contributed by atoms with Crippen LogP contribution < -0.4 is 10.1 Å². The standard InChI is InChI=1S/C12H16FNO3S/c1-17-11-4-2-3-10(12(11)13)8-18(15,16)7-9-5-14-6-9/h2-4,9,14H,5-8H2,1H3. The minimum atomic E-state index is -3.28. The molecule has 1 aliphatic rings. The van der Waals surface area contributed by atoms with Gasteiger partial charge in [0.25, 0.3) is 0 Å². The normalized spacial score (nSPS) is 16.3. The third-order valence-electron chi connectivity index (χ3n) is 2.99. The van der Waals surface area contributed by atoms with Gasteiger partial charge in [-0.05, 0) is 12.0 Å². The Balaban J connectivity index is 2.12. The zero-order valence-corrected chi connectivity index (χ0v) is 11.0. The highest BCUT2D eigenvalue weighted by Crippen LogP contribution is 2.22. The summed E-state index contributed by atoms with van der Waals surface area (Å²) < 4.78 is 42.5. The zero-order valence-electron chi connectivity index (χ0n) is 10.1. The molecule has 0 aliphatic carbocycles. The van der Waals surface area contributed by atoms with Crippen molar-refractivity contribution in [2.45, 2.75) is 5.75 Å². The second-order valence-electron chi connectivity index (χ2n) is 4.51. The maximum atomic E-state index is 13.8. The molecule has 2 rings (SSSR count). The van der Waals surface area contributed by atoms with Crippen molar-refractivity contribution in [3.63, 3.8) is 0 Å². The van der Waals surface area contributed by atoms with Crippen molar-refractivity contribution < 1.29 is 17.5 Å². The Kier molecular flexibility index (Phi) is 3.87. The van der Waals surface area contributed by atoms with Gasteiger partial charge in [0.05, 0.1) is 18.6 Å². The molecule has 1 N–H and O–H groups in total. The minimum absolute atomic E-state index is 0.0769. The molecule has 0 spiro atoms. The Morgan fingerprint density at radius 2 is 2.17 bits per heavy atom. The summed E-state index contributed by atoms with van der Waals surface area (Å²) in [5.74, 6) is -0.518. The van der Waals surface area contributed by atoms with E-state index in [1.807, 2.05) is 0 Å². The van der Waals surface area contributed by atoms with Crippen LogP contribution in [0.4, 0.5) is 4.39 Å². The minimum Gasteiger partial charge on any atom is -0.494 e. The van der Waals surface area contributed by atoms with Crippen molar-refractivity contribution in [2.24, 2.45) is 5.92 Å². The fourth-order valence-electron chi connectivity index (χ4n) is 1.95. The summed E-state index contributed by atoms with van der Waals surface area (Å²) in [5, 5.41) is 3.02. The Hall–Kier alpha value is -1.14. The second-order valence-corrected chi connectivity index (χ2v) is 6.62. The molecule has 18 heavy (non-hydrogen) atoms. The maximum absolute atomic E-state index is 13.8. The number of ether oxygens (including phenoxy) is 1. The highest BCUT2D eigenvalue weighted by molar-refractivity contribution is 7.90. The van der Waals surface area contributed by atoms with Gasteiger partial charge in [-0.15, -0.1) is 0 Å². The molecule has 0 amide bonds. The van der Waals surface area contributed by atoms with Crippen LogP contribution >= 0.6 is 0 Å². The first-order valence-corrected chi connectivity index (χ1v) is 7.56. The second kappa shape index (κ2) is 5.24. The molecule has 1 heterocycles. The van der Waals surface area contributed by atoms with Crippen LogP contribution in [0.2, 0.25) is 0 Å². The van der Waals surface area contributed by atoms with E-state index in [1.165, 1.54) is 19.2 Å². The van der Waals surface area contributed by atoms with Crippen LogP contribution in [-0.2, 0) is 15.6 Å². The molecule has 1 fully saturated rings. The molecule has 0 unspecified atom stereocenters. The van der Waals surface area contributed by atoms with Crippen molar-refractivity contribution >= 4 is 9.84 Å². The van der Waals surface area contributed by atoms with Gasteiger partial charge < -0.3 is 10.1 Å². The molecule has 0 aromatic heterocycles. The van der Waals surface area contributed by atoms with Gasteiger partial charge in [0, 0.05) is 18.7 Å². The highest BCUT2D eigenvalue weighted by Gasteiger charge is 2.25. The Labute approximate surface area is 106 Å². The first kappa shape index (κ1) is 13.3. The lowest BCUT2D eigenvalue weighted by molar-refractivity contribution is 0.378. The largest absolute Gasteiger partial charge is 0.494 e. The summed E-state index contributed by atoms with van der Waals surface area (Å²) in [5.41, 5.74) is 0.168. The third-order valence-corrected chi connectivity index (χ3v) is 4.72. The first-order valence-electron chi connectivity index (χ1n) is 5.74. The Morgan fingerprint density at radius 1 is 1.44 bits per heavy atom. The molecule has 0 saturated carbocycles. The summed E-state index contributed by atoms with van der Waals surface area (Å²) in [6.45, 7) is 1.44. The maximum Gasteiger partial charge on any atom is 0.169 e. The summed E-state index contributed by atoms with van der Waals surface area (Å²) in [6, 6.07) is 4.55. The molecule has 1 aromatic rings. The molecule has 100 valence electrons. The summed E-state index contributed by atoms with van der Waals surface area (Å²) in [6.07, 6.45) is 0. The lowest BCUT2D eigenvalue weighted by atomic mass is 10.1. The fourth-order valence-corrected chi connectivity index (χ4v) is 3.72. The van der Waals surface area contributed by atoms with Crippen molar-refractivity contribution in [3.8, 4) is 5.75 Å². The summed E-state index contributed by atoms with van der Waals surface area (Å²) in [4.78, 5) is 0. The average molecular weight is 273 g/mol. The quantitative estimate of drug-likeness (QED) is 0.868. The molecule has 1 aromatic carbocycles. The predicted octanol–water partition coefficient (Wildman–Crippen LogP) is 0.968. The van der Waals surface area contributed by atoms with Crippen LogP contribution in [0.5, 0.6) is 5.75 Å². The van der Waals surface area contributed by atoms with Crippen molar-refractivity contribution in [3.05, 3.63) is 29.6 Å². The first-order chi connectivity index (χ1) is 8.52. The SMILES string of the molecule is COc1cccc(CS(=O)(=O)CC2CNC2)c1F. The molecule has 1 aliphatic heterocycles. The molecular weight excluding hydrogens is 257 g/mol. The van der Waals surface area contributed by atoms with Crippen LogP contribution in [0, 0.1) is 11.7 Å². The lowest BCUT2D eigenvalue weighted by Gasteiger charge is -2.26. The third kappa shape index (κ3) is 3.00. The van der Waals surface area contributed by atoms with Gasteiger partial charge >= 0.3 is 0 Å². The molecule has 0 atom stereocenters. The summed E-state index contributed by atoms with van der Waals surface area (Å²) in [7, 11) is -1.92. The van der Waals surface area contributed by atoms with Crippen molar-refractivity contribution in [1.29, 1.82) is 0 Å². The summed E-state index contributed by atoms with van der Waals surface area (Å²) >= 11 is 0. The number of halogens is 1. The number of rotatable bonds is 5. The van der Waals surface area contributed by atoms with E-state index in [0.29, 0.717) is 0 Å². The molecular formula is C12H16FNO3S. The smallest absolute Gasteiger partial charge is 0.169 e. The van der Waals surface area contributed by atoms with E-state index in [1.54, 1.807) is 6.07 Å². The van der Waals surface area contributed by atoms with Crippen LogP contribution in [0.15, 0.2) is 18.2 Å². The number of benzene rings is 1. The van der Waals surface area contributed by atoms with Crippen LogP contribution in [-0.4, -0.2) is 34.4 Å². The van der Waals surface area contributed by atoms with Gasteiger partial charge in [-0.25, -0.2) is 12.8 Å². The van der Waals surface area contributed by atoms with Gasteiger partial charge in [-0.1, -0.05) is 12.1 Å². The topological polar surface area (TPSA) is 55.4 Å². The van der Waals surface area contributed by atoms with E-state index >= 15 is 0 Å². The van der Waals surface area contributed by atoms with Crippen molar-refractivity contribution in [1.82, 2.24) is 5.32 Å². The van der Waals surface area contributed by atoms with Crippen LogP contribution in [0.25, 0.3) is 0 Å². The molecule has 6 heteroatoms. The van der Waals surface area contributed by atoms with E-state index < -0.39 is 15.7 Å². The molecule has 0 bridgehead atoms. The Bertz CT molecular complexity index is 526. The van der Waals surface area contributed by atoms with Gasteiger partial charge in [0.15, 0.2) is 21.4 Å². The predicted molar refractivity (Wildman–Crippen MR) is 66.8 cm³/mol. The number of hydrogen-bond donors (Lipinski definition) is 1. The van der Waals surface area contributed by atoms with Gasteiger partial charge in [0.2, 0.25) is 0 Å². The van der Waals surface area contributed by atoms with Crippen molar-refractivity contribution in [2.75, 3.05) is 26.0 Å². The van der Waals surface area contributed by atoms with E-state index in [2.05, 4.69) is 5.32 Å².